The van der Waals surface area contributed by atoms with Crippen LogP contribution >= 0.6 is 0 Å². The fraction of sp³-hybridized carbons (Fsp3) is 0.838. The third-order valence-corrected chi connectivity index (χ3v) is 14.3. The third-order valence-electron chi connectivity index (χ3n) is 14.3. The number of allylic oxidation sites excluding steroid dienone is 2. The van der Waals surface area contributed by atoms with Gasteiger partial charge in [0.2, 0.25) is 0 Å². The maximum Gasteiger partial charge on any atom is 0.173 e. The number of Topliss-reactive ketones (excluding diaryl/α,β-unsaturated/α-hetero) is 4. The van der Waals surface area contributed by atoms with Crippen molar-refractivity contribution in [2.75, 3.05) is 0 Å². The average Bonchev–Trinajstić information content (AvgIpc) is 2.85. The number of hydrogen-bond acceptors (Lipinski definition) is 4. The summed E-state index contributed by atoms with van der Waals surface area (Å²) in [4.78, 5) is 54.0. The fourth-order valence-electron chi connectivity index (χ4n) is 12.2. The van der Waals surface area contributed by atoms with E-state index in [4.69, 9.17) is 0 Å². The lowest BCUT2D eigenvalue weighted by Crippen LogP contribution is -2.67. The summed E-state index contributed by atoms with van der Waals surface area (Å²) in [5.41, 5.74) is 0.203. The molecule has 10 unspecified atom stereocenters. The van der Waals surface area contributed by atoms with E-state index >= 15 is 4.79 Å². The Hall–Kier alpha value is -1.58. The van der Waals surface area contributed by atoms with Crippen molar-refractivity contribution in [1.82, 2.24) is 0 Å². The van der Waals surface area contributed by atoms with E-state index in [1.807, 2.05) is 6.92 Å². The summed E-state index contributed by atoms with van der Waals surface area (Å²) in [6, 6.07) is 0. The molecule has 4 nitrogen and oxygen atoms in total. The van der Waals surface area contributed by atoms with Gasteiger partial charge in [-0.2, -0.15) is 0 Å². The van der Waals surface area contributed by atoms with Gasteiger partial charge in [-0.3, -0.25) is 19.2 Å². The van der Waals surface area contributed by atoms with Gasteiger partial charge in [-0.1, -0.05) is 54.0 Å². The molecule has 10 atom stereocenters. The van der Waals surface area contributed by atoms with Crippen LogP contribution in [0.4, 0.5) is 0 Å². The Kier molecular flexibility index (Phi) is 7.72. The van der Waals surface area contributed by atoms with Gasteiger partial charge in [0.25, 0.3) is 0 Å². The van der Waals surface area contributed by atoms with E-state index in [0.717, 1.165) is 50.5 Å². The number of carbonyl (C=O) groups excluding carboxylic acids is 4. The minimum atomic E-state index is -0.722. The lowest BCUT2D eigenvalue weighted by Gasteiger charge is -2.67. The van der Waals surface area contributed by atoms with Gasteiger partial charge in [-0.25, -0.2) is 0 Å². The third kappa shape index (κ3) is 4.42. The average molecular weight is 565 g/mol. The van der Waals surface area contributed by atoms with Crippen LogP contribution in [-0.2, 0) is 19.2 Å². The molecule has 0 saturated heterocycles. The number of rotatable bonds is 4. The molecule has 0 heterocycles. The van der Waals surface area contributed by atoms with Gasteiger partial charge in [0, 0.05) is 23.2 Å². The van der Waals surface area contributed by atoms with Crippen LogP contribution in [0.25, 0.3) is 0 Å². The molecular weight excluding hydrogens is 508 g/mol. The van der Waals surface area contributed by atoms with Crippen molar-refractivity contribution in [2.24, 2.45) is 75.4 Å². The van der Waals surface area contributed by atoms with E-state index in [1.54, 1.807) is 6.92 Å². The Bertz CT molecular complexity index is 1170. The Morgan fingerprint density at radius 1 is 0.927 bits per heavy atom. The predicted molar refractivity (Wildman–Crippen MR) is 163 cm³/mol. The first kappa shape index (κ1) is 30.9. The Morgan fingerprint density at radius 3 is 2.07 bits per heavy atom. The number of fused-ring (bicyclic) bond motifs is 3. The van der Waals surface area contributed by atoms with Crippen LogP contribution in [0.5, 0.6) is 0 Å². The highest BCUT2D eigenvalue weighted by Crippen LogP contribution is 2.71. The lowest BCUT2D eigenvalue weighted by atomic mass is 9.35. The summed E-state index contributed by atoms with van der Waals surface area (Å²) in [5.74, 6) is 3.52. The van der Waals surface area contributed by atoms with E-state index in [-0.39, 0.29) is 46.1 Å². The summed E-state index contributed by atoms with van der Waals surface area (Å²) >= 11 is 0. The van der Waals surface area contributed by atoms with Gasteiger partial charge in [0.1, 0.15) is 11.6 Å². The van der Waals surface area contributed by atoms with Crippen molar-refractivity contribution in [3.8, 4) is 0 Å². The molecule has 0 spiro atoms. The lowest BCUT2D eigenvalue weighted by molar-refractivity contribution is -0.193. The van der Waals surface area contributed by atoms with Crippen molar-refractivity contribution < 1.29 is 19.2 Å². The normalized spacial score (nSPS) is 48.4. The summed E-state index contributed by atoms with van der Waals surface area (Å²) in [6.45, 7) is 21.2. The summed E-state index contributed by atoms with van der Waals surface area (Å²) in [7, 11) is 0. The van der Waals surface area contributed by atoms with Gasteiger partial charge in [-0.15, -0.1) is 0 Å². The fourth-order valence-corrected chi connectivity index (χ4v) is 12.2. The van der Waals surface area contributed by atoms with Crippen LogP contribution in [-0.4, -0.2) is 23.1 Å². The Morgan fingerprint density at radius 2 is 1.54 bits per heavy atom. The molecule has 41 heavy (non-hydrogen) atoms. The van der Waals surface area contributed by atoms with Crippen molar-refractivity contribution >= 4 is 23.1 Å². The van der Waals surface area contributed by atoms with E-state index in [1.165, 1.54) is 13.3 Å². The van der Waals surface area contributed by atoms with Gasteiger partial charge >= 0.3 is 0 Å². The van der Waals surface area contributed by atoms with Crippen LogP contribution in [0.1, 0.15) is 121 Å². The molecule has 4 fully saturated rings. The van der Waals surface area contributed by atoms with Gasteiger partial charge in [-0.05, 0) is 124 Å². The zero-order valence-electron chi connectivity index (χ0n) is 27.6. The highest BCUT2D eigenvalue weighted by Gasteiger charge is 2.70. The van der Waals surface area contributed by atoms with Crippen molar-refractivity contribution in [3.05, 3.63) is 11.1 Å². The van der Waals surface area contributed by atoms with Crippen LogP contribution < -0.4 is 0 Å². The minimum Gasteiger partial charge on any atom is -0.300 e. The molecule has 0 aliphatic heterocycles. The molecule has 0 N–H and O–H groups in total. The molecule has 5 aliphatic carbocycles. The quantitative estimate of drug-likeness (QED) is 0.324. The number of hydrogen-bond donors (Lipinski definition) is 0. The predicted octanol–water partition coefficient (Wildman–Crippen LogP) is 8.07. The maximum absolute atomic E-state index is 15.0. The van der Waals surface area contributed by atoms with E-state index in [2.05, 4.69) is 48.5 Å². The van der Waals surface area contributed by atoms with Crippen molar-refractivity contribution in [3.63, 3.8) is 0 Å². The van der Waals surface area contributed by atoms with Crippen LogP contribution in [0, 0.1) is 75.4 Å². The number of carbonyl (C=O) groups is 4. The van der Waals surface area contributed by atoms with E-state index < -0.39 is 5.41 Å². The monoisotopic (exact) mass is 564 g/mol. The molecule has 0 amide bonds. The van der Waals surface area contributed by atoms with Crippen LogP contribution in [0.2, 0.25) is 0 Å². The second kappa shape index (κ2) is 10.3. The molecule has 5 rings (SSSR count). The number of ketones is 4. The smallest absolute Gasteiger partial charge is 0.173 e. The highest BCUT2D eigenvalue weighted by atomic mass is 16.2. The second-order valence-electron chi connectivity index (χ2n) is 16.8. The minimum absolute atomic E-state index is 0.0161. The molecule has 0 aromatic rings. The molecule has 0 radical (unpaired) electrons. The van der Waals surface area contributed by atoms with Crippen LogP contribution in [0.3, 0.4) is 0 Å². The highest BCUT2D eigenvalue weighted by molar-refractivity contribution is 6.22. The standard InChI is InChI=1S/C37H56O4/c1-19(2)27-15-28(26-13-11-25(12-14-26)23(6)38)21(4)31-29(27)17-35(8)18-36(9)16-20(3)30(24(7)39)34(41)37(36,10)22(5)32(35)33(31)40/h19,21-22,25-29,31-32H,11-18H2,1-10H3. The molecule has 4 heteroatoms. The Labute approximate surface area is 249 Å². The molecule has 5 aliphatic rings. The first-order chi connectivity index (χ1) is 19.0. The zero-order chi connectivity index (χ0) is 30.4. The van der Waals surface area contributed by atoms with Gasteiger partial charge < -0.3 is 0 Å². The van der Waals surface area contributed by atoms with Crippen LogP contribution in [0.15, 0.2) is 11.1 Å². The van der Waals surface area contributed by atoms with Crippen molar-refractivity contribution in [2.45, 2.75) is 121 Å². The summed E-state index contributed by atoms with van der Waals surface area (Å²) < 4.78 is 0. The maximum atomic E-state index is 15.0. The second-order valence-corrected chi connectivity index (χ2v) is 16.8. The zero-order valence-corrected chi connectivity index (χ0v) is 27.6. The molecule has 228 valence electrons. The molecule has 0 aromatic carbocycles. The molecule has 0 aromatic heterocycles. The first-order valence-electron chi connectivity index (χ1n) is 16.8. The summed E-state index contributed by atoms with van der Waals surface area (Å²) in [6.07, 6.45) is 8.11. The molecular formula is C37H56O4. The Balaban J connectivity index is 1.52. The molecule has 0 bridgehead atoms. The largest absolute Gasteiger partial charge is 0.300 e. The summed E-state index contributed by atoms with van der Waals surface area (Å²) in [5, 5.41) is 0. The van der Waals surface area contributed by atoms with Gasteiger partial charge in [0.05, 0.1) is 5.57 Å². The SMILES string of the molecule is CC(=O)C1=C(C)CC2(C)CC3(C)CC4C(C(C)C)CC(C5CCC(C(C)=O)CC5)C(C)C4C(=O)C3C(C)C2(C)C1=O. The van der Waals surface area contributed by atoms with Gasteiger partial charge in [0.15, 0.2) is 11.6 Å². The van der Waals surface area contributed by atoms with E-state index in [0.29, 0.717) is 52.6 Å². The first-order valence-corrected chi connectivity index (χ1v) is 16.8. The van der Waals surface area contributed by atoms with Crippen molar-refractivity contribution in [1.29, 1.82) is 0 Å². The molecule has 4 saturated carbocycles. The topological polar surface area (TPSA) is 68.3 Å². The van der Waals surface area contributed by atoms with E-state index in [9.17, 15) is 14.4 Å².